The molecule has 0 aliphatic carbocycles. The molecule has 0 amide bonds. The number of rotatable bonds is 4. The van der Waals surface area contributed by atoms with Crippen LogP contribution in [0.5, 0.6) is 0 Å². The molecule has 2 aromatic heterocycles. The van der Waals surface area contributed by atoms with Gasteiger partial charge in [0.05, 0.1) is 0 Å². The second kappa shape index (κ2) is 5.10. The van der Waals surface area contributed by atoms with Gasteiger partial charge in [-0.3, -0.25) is 0 Å². The van der Waals surface area contributed by atoms with E-state index in [1.54, 1.807) is 22.7 Å². The van der Waals surface area contributed by atoms with E-state index in [0.717, 1.165) is 5.08 Å². The van der Waals surface area contributed by atoms with Gasteiger partial charge in [0, 0.05) is 25.6 Å². The van der Waals surface area contributed by atoms with Gasteiger partial charge in [0.2, 0.25) is 0 Å². The highest BCUT2D eigenvalue weighted by atomic mass is 32.2. The van der Waals surface area contributed by atoms with Crippen molar-refractivity contribution in [3.05, 3.63) is 33.7 Å². The molecule has 2 heterocycles. The predicted octanol–water partition coefficient (Wildman–Crippen LogP) is 4.65. The number of hydrogen-bond acceptors (Lipinski definition) is 4. The SMILES string of the molecule is c1cc(SCSc2ccsc2)cs1. The smallest absolute Gasteiger partial charge is 0.0487 e. The average Bonchev–Trinajstić information content (AvgIpc) is 2.75. The quantitative estimate of drug-likeness (QED) is 0.567. The van der Waals surface area contributed by atoms with Gasteiger partial charge in [0.15, 0.2) is 0 Å². The first-order valence-corrected chi connectivity index (χ1v) is 7.61. The molecule has 0 radical (unpaired) electrons. The molecule has 0 aliphatic rings. The van der Waals surface area contributed by atoms with Crippen LogP contribution in [-0.4, -0.2) is 5.08 Å². The summed E-state index contributed by atoms with van der Waals surface area (Å²) in [6.45, 7) is 0. The maximum atomic E-state index is 2.19. The summed E-state index contributed by atoms with van der Waals surface area (Å²) in [5.74, 6) is 0. The lowest BCUT2D eigenvalue weighted by Crippen LogP contribution is -1.68. The molecular weight excluding hydrogens is 236 g/mol. The van der Waals surface area contributed by atoms with Gasteiger partial charge in [-0.15, -0.1) is 23.5 Å². The fourth-order valence-corrected chi connectivity index (χ4v) is 4.57. The van der Waals surface area contributed by atoms with Crippen LogP contribution >= 0.6 is 46.2 Å². The zero-order valence-corrected chi connectivity index (χ0v) is 10.1. The van der Waals surface area contributed by atoms with Gasteiger partial charge >= 0.3 is 0 Å². The van der Waals surface area contributed by atoms with Crippen LogP contribution in [0.25, 0.3) is 0 Å². The molecule has 0 unspecified atom stereocenters. The number of thiophene rings is 2. The Kier molecular flexibility index (Phi) is 3.78. The summed E-state index contributed by atoms with van der Waals surface area (Å²) < 4.78 is 0. The topological polar surface area (TPSA) is 0 Å². The summed E-state index contributed by atoms with van der Waals surface area (Å²) in [6.07, 6.45) is 0. The normalized spacial score (nSPS) is 10.5. The van der Waals surface area contributed by atoms with Crippen LogP contribution in [0.1, 0.15) is 0 Å². The number of hydrogen-bond donors (Lipinski definition) is 0. The lowest BCUT2D eigenvalue weighted by molar-refractivity contribution is 1.58. The third kappa shape index (κ3) is 3.06. The molecule has 0 saturated heterocycles. The third-order valence-corrected chi connectivity index (χ3v) is 5.22. The first kappa shape index (κ1) is 9.65. The summed E-state index contributed by atoms with van der Waals surface area (Å²) in [7, 11) is 0. The van der Waals surface area contributed by atoms with E-state index in [2.05, 4.69) is 33.7 Å². The minimum absolute atomic E-state index is 1.10. The second-order valence-corrected chi connectivity index (χ2v) is 6.35. The van der Waals surface area contributed by atoms with Crippen LogP contribution in [0.4, 0.5) is 0 Å². The van der Waals surface area contributed by atoms with Crippen LogP contribution in [-0.2, 0) is 0 Å². The Morgan fingerprint density at radius 3 is 1.85 bits per heavy atom. The van der Waals surface area contributed by atoms with Crippen molar-refractivity contribution in [2.45, 2.75) is 9.79 Å². The minimum Gasteiger partial charge on any atom is -0.151 e. The van der Waals surface area contributed by atoms with Crippen LogP contribution in [0, 0.1) is 0 Å². The summed E-state index contributed by atoms with van der Waals surface area (Å²) in [5.41, 5.74) is 0. The molecule has 0 saturated carbocycles. The van der Waals surface area contributed by atoms with Gasteiger partial charge in [0.1, 0.15) is 0 Å². The molecule has 0 nitrogen and oxygen atoms in total. The second-order valence-electron chi connectivity index (χ2n) is 2.32. The van der Waals surface area contributed by atoms with Crippen molar-refractivity contribution >= 4 is 46.2 Å². The highest BCUT2D eigenvalue weighted by Gasteiger charge is 1.96. The largest absolute Gasteiger partial charge is 0.151 e. The Hall–Kier alpha value is 0.1000. The molecular formula is C9H8S4. The van der Waals surface area contributed by atoms with E-state index >= 15 is 0 Å². The van der Waals surface area contributed by atoms with E-state index in [1.807, 2.05) is 23.5 Å². The maximum Gasteiger partial charge on any atom is 0.0487 e. The molecule has 0 N–H and O–H groups in total. The first-order valence-electron chi connectivity index (χ1n) is 3.75. The molecule has 2 aromatic rings. The Balaban J connectivity index is 1.76. The average molecular weight is 244 g/mol. The van der Waals surface area contributed by atoms with E-state index in [9.17, 15) is 0 Å². The molecule has 0 aromatic carbocycles. The van der Waals surface area contributed by atoms with E-state index in [0.29, 0.717) is 0 Å². The van der Waals surface area contributed by atoms with Crippen LogP contribution < -0.4 is 0 Å². The molecule has 0 bridgehead atoms. The molecule has 4 heteroatoms. The third-order valence-electron chi connectivity index (χ3n) is 1.44. The summed E-state index contributed by atoms with van der Waals surface area (Å²) >= 11 is 7.33. The Bertz CT molecular complexity index is 288. The summed E-state index contributed by atoms with van der Waals surface area (Å²) in [5, 5.41) is 9.74. The number of thioether (sulfide) groups is 2. The van der Waals surface area contributed by atoms with Gasteiger partial charge < -0.3 is 0 Å². The zero-order valence-electron chi connectivity index (χ0n) is 6.80. The van der Waals surface area contributed by atoms with Gasteiger partial charge in [-0.25, -0.2) is 0 Å². The van der Waals surface area contributed by atoms with Crippen molar-refractivity contribution in [1.82, 2.24) is 0 Å². The van der Waals surface area contributed by atoms with Crippen molar-refractivity contribution in [2.24, 2.45) is 0 Å². The summed E-state index contributed by atoms with van der Waals surface area (Å²) in [6, 6.07) is 4.34. The fraction of sp³-hybridized carbons (Fsp3) is 0.111. The van der Waals surface area contributed by atoms with Crippen LogP contribution in [0.3, 0.4) is 0 Å². The van der Waals surface area contributed by atoms with Gasteiger partial charge in [0.25, 0.3) is 0 Å². The molecule has 0 atom stereocenters. The predicted molar refractivity (Wildman–Crippen MR) is 65.2 cm³/mol. The molecule has 0 fully saturated rings. The molecule has 13 heavy (non-hydrogen) atoms. The minimum atomic E-state index is 1.10. The molecule has 0 aliphatic heterocycles. The van der Waals surface area contributed by atoms with Crippen molar-refractivity contribution in [2.75, 3.05) is 5.08 Å². The lowest BCUT2D eigenvalue weighted by atomic mass is 10.7. The van der Waals surface area contributed by atoms with Crippen molar-refractivity contribution < 1.29 is 0 Å². The highest BCUT2D eigenvalue weighted by Crippen LogP contribution is 2.29. The van der Waals surface area contributed by atoms with Crippen molar-refractivity contribution in [3.8, 4) is 0 Å². The Labute approximate surface area is 94.4 Å². The lowest BCUT2D eigenvalue weighted by Gasteiger charge is -1.95. The highest BCUT2D eigenvalue weighted by molar-refractivity contribution is 8.16. The van der Waals surface area contributed by atoms with Gasteiger partial charge in [-0.1, -0.05) is 0 Å². The monoisotopic (exact) mass is 244 g/mol. The standard InChI is InChI=1S/C9H8S4/c1-3-10-5-8(1)12-7-13-9-2-4-11-6-9/h1-6H,7H2. The first-order chi connectivity index (χ1) is 6.45. The summed E-state index contributed by atoms with van der Waals surface area (Å²) in [4.78, 5) is 2.76. The van der Waals surface area contributed by atoms with E-state index in [-0.39, 0.29) is 0 Å². The molecule has 0 spiro atoms. The fourth-order valence-electron chi connectivity index (χ4n) is 0.834. The van der Waals surface area contributed by atoms with E-state index in [1.165, 1.54) is 9.79 Å². The molecule has 68 valence electrons. The van der Waals surface area contributed by atoms with E-state index in [4.69, 9.17) is 0 Å². The van der Waals surface area contributed by atoms with Crippen molar-refractivity contribution in [3.63, 3.8) is 0 Å². The van der Waals surface area contributed by atoms with Crippen LogP contribution in [0.2, 0.25) is 0 Å². The van der Waals surface area contributed by atoms with Gasteiger partial charge in [-0.2, -0.15) is 22.7 Å². The van der Waals surface area contributed by atoms with Crippen LogP contribution in [0.15, 0.2) is 43.4 Å². The molecule has 2 rings (SSSR count). The Morgan fingerprint density at radius 2 is 1.46 bits per heavy atom. The van der Waals surface area contributed by atoms with Crippen molar-refractivity contribution in [1.29, 1.82) is 0 Å². The van der Waals surface area contributed by atoms with E-state index < -0.39 is 0 Å². The zero-order chi connectivity index (χ0) is 8.93. The van der Waals surface area contributed by atoms with Gasteiger partial charge in [-0.05, 0) is 22.9 Å². The maximum absolute atomic E-state index is 2.19. The Morgan fingerprint density at radius 1 is 0.923 bits per heavy atom.